The van der Waals surface area contributed by atoms with Crippen molar-refractivity contribution in [3.05, 3.63) is 65.9 Å². The minimum absolute atomic E-state index is 0.468. The molecule has 0 saturated carbocycles. The maximum absolute atomic E-state index is 9.36. The van der Waals surface area contributed by atoms with Crippen LogP contribution < -0.4 is 5.32 Å². The molecule has 0 spiro atoms. The Balaban J connectivity index is 2.12. The van der Waals surface area contributed by atoms with Crippen LogP contribution in [0.25, 0.3) is 22.0 Å². The van der Waals surface area contributed by atoms with E-state index in [2.05, 4.69) is 28.5 Å². The molecule has 3 rings (SSSR count). The number of hydrogen-bond donors (Lipinski definition) is 1. The highest BCUT2D eigenvalue weighted by atomic mass is 14.8. The fourth-order valence-electron chi connectivity index (χ4n) is 2.43. The minimum atomic E-state index is 0.468. The predicted molar refractivity (Wildman–Crippen MR) is 84.7 cm³/mol. The fourth-order valence-corrected chi connectivity index (χ4v) is 2.43. The second kappa shape index (κ2) is 5.74. The first kappa shape index (κ1) is 13.3. The van der Waals surface area contributed by atoms with E-state index in [1.807, 2.05) is 49.5 Å². The third-order valence-electron chi connectivity index (χ3n) is 3.48. The monoisotopic (exact) mass is 273 g/mol. The van der Waals surface area contributed by atoms with E-state index >= 15 is 0 Å². The summed E-state index contributed by atoms with van der Waals surface area (Å²) < 4.78 is 0. The van der Waals surface area contributed by atoms with Crippen LogP contribution in [0, 0.1) is 11.3 Å². The van der Waals surface area contributed by atoms with Gasteiger partial charge in [-0.3, -0.25) is 0 Å². The van der Waals surface area contributed by atoms with E-state index in [1.165, 1.54) is 5.56 Å². The summed E-state index contributed by atoms with van der Waals surface area (Å²) in [7, 11) is 1.93. The second-order valence-corrected chi connectivity index (χ2v) is 4.92. The maximum Gasteiger partial charge on any atom is 0.149 e. The minimum Gasteiger partial charge on any atom is -0.316 e. The van der Waals surface area contributed by atoms with Gasteiger partial charge in [-0.2, -0.15) is 5.26 Å². The number of benzene rings is 2. The van der Waals surface area contributed by atoms with Crippen molar-refractivity contribution in [3.63, 3.8) is 0 Å². The molecule has 1 aromatic heterocycles. The van der Waals surface area contributed by atoms with E-state index in [1.54, 1.807) is 0 Å². The van der Waals surface area contributed by atoms with Gasteiger partial charge < -0.3 is 5.32 Å². The van der Waals surface area contributed by atoms with Crippen LogP contribution in [0.15, 0.2) is 54.6 Å². The molecular weight excluding hydrogens is 258 g/mol. The van der Waals surface area contributed by atoms with Crippen LogP contribution in [-0.2, 0) is 6.54 Å². The smallest absolute Gasteiger partial charge is 0.149 e. The molecule has 0 amide bonds. The van der Waals surface area contributed by atoms with E-state index in [0.717, 1.165) is 28.6 Å². The standard InChI is InChI=1S/C18H15N3/c1-20-12-13-6-8-14(9-7-13)16-10-15-4-2-3-5-17(15)21-18(16)11-19/h2-10,20H,12H2,1H3. The van der Waals surface area contributed by atoms with Crippen LogP contribution >= 0.6 is 0 Å². The average Bonchev–Trinajstić information content (AvgIpc) is 2.54. The summed E-state index contributed by atoms with van der Waals surface area (Å²) in [5.41, 5.74) is 4.44. The molecule has 0 atom stereocenters. The Bertz CT molecular complexity index is 814. The molecule has 0 unspecified atom stereocenters. The SMILES string of the molecule is CNCc1ccc(-c2cc3ccccc3nc2C#N)cc1. The van der Waals surface area contributed by atoms with Gasteiger partial charge >= 0.3 is 0 Å². The number of nitrogens with one attached hydrogen (secondary N) is 1. The highest BCUT2D eigenvalue weighted by Crippen LogP contribution is 2.26. The number of aromatic nitrogens is 1. The molecule has 102 valence electrons. The molecule has 1 N–H and O–H groups in total. The highest BCUT2D eigenvalue weighted by Gasteiger charge is 2.08. The van der Waals surface area contributed by atoms with Crippen LogP contribution in [0.1, 0.15) is 11.3 Å². The molecule has 0 bridgehead atoms. The molecule has 0 aliphatic heterocycles. The predicted octanol–water partition coefficient (Wildman–Crippen LogP) is 3.49. The van der Waals surface area contributed by atoms with Gasteiger partial charge in [-0.1, -0.05) is 42.5 Å². The van der Waals surface area contributed by atoms with Crippen molar-refractivity contribution in [1.29, 1.82) is 5.26 Å². The molecular formula is C18H15N3. The molecule has 3 nitrogen and oxygen atoms in total. The Morgan fingerprint density at radius 1 is 1.10 bits per heavy atom. The van der Waals surface area contributed by atoms with Gasteiger partial charge in [0.05, 0.1) is 5.52 Å². The van der Waals surface area contributed by atoms with Crippen LogP contribution in [0.4, 0.5) is 0 Å². The van der Waals surface area contributed by atoms with Gasteiger partial charge in [-0.15, -0.1) is 0 Å². The molecule has 3 heteroatoms. The Hall–Kier alpha value is -2.70. The summed E-state index contributed by atoms with van der Waals surface area (Å²) in [5.74, 6) is 0. The Kier molecular flexibility index (Phi) is 3.63. The van der Waals surface area contributed by atoms with Gasteiger partial charge in [-0.25, -0.2) is 4.98 Å². The Morgan fingerprint density at radius 3 is 2.57 bits per heavy atom. The normalized spacial score (nSPS) is 10.5. The van der Waals surface area contributed by atoms with Crippen molar-refractivity contribution in [3.8, 4) is 17.2 Å². The van der Waals surface area contributed by atoms with Gasteiger partial charge in [0.25, 0.3) is 0 Å². The van der Waals surface area contributed by atoms with Crippen molar-refractivity contribution >= 4 is 10.9 Å². The molecule has 3 aromatic rings. The summed E-state index contributed by atoms with van der Waals surface area (Å²) in [5, 5.41) is 13.5. The third kappa shape index (κ3) is 2.62. The van der Waals surface area contributed by atoms with E-state index in [9.17, 15) is 5.26 Å². The molecule has 0 fully saturated rings. The topological polar surface area (TPSA) is 48.7 Å². The van der Waals surface area contributed by atoms with E-state index in [0.29, 0.717) is 5.69 Å². The van der Waals surface area contributed by atoms with Gasteiger partial charge in [-0.05, 0) is 30.3 Å². The number of fused-ring (bicyclic) bond motifs is 1. The number of nitriles is 1. The molecule has 21 heavy (non-hydrogen) atoms. The second-order valence-electron chi connectivity index (χ2n) is 4.92. The van der Waals surface area contributed by atoms with Crippen molar-refractivity contribution in [1.82, 2.24) is 10.3 Å². The van der Waals surface area contributed by atoms with Gasteiger partial charge in [0.1, 0.15) is 11.8 Å². The van der Waals surface area contributed by atoms with Crippen molar-refractivity contribution in [2.45, 2.75) is 6.54 Å². The van der Waals surface area contributed by atoms with Crippen LogP contribution in [0.5, 0.6) is 0 Å². The lowest BCUT2D eigenvalue weighted by atomic mass is 10.0. The Labute approximate surface area is 123 Å². The lowest BCUT2D eigenvalue weighted by molar-refractivity contribution is 0.818. The zero-order chi connectivity index (χ0) is 14.7. The summed E-state index contributed by atoms with van der Waals surface area (Å²) in [4.78, 5) is 4.46. The summed E-state index contributed by atoms with van der Waals surface area (Å²) in [6.45, 7) is 0.835. The van der Waals surface area contributed by atoms with Gasteiger partial charge in [0.15, 0.2) is 0 Å². The first-order valence-corrected chi connectivity index (χ1v) is 6.85. The van der Waals surface area contributed by atoms with E-state index < -0.39 is 0 Å². The van der Waals surface area contributed by atoms with Gasteiger partial charge in [0, 0.05) is 17.5 Å². The first-order chi connectivity index (χ1) is 10.3. The fraction of sp³-hybridized carbons (Fsp3) is 0.111. The van der Waals surface area contributed by atoms with Crippen LogP contribution in [-0.4, -0.2) is 12.0 Å². The molecule has 1 heterocycles. The van der Waals surface area contributed by atoms with Crippen LogP contribution in [0.2, 0.25) is 0 Å². The summed E-state index contributed by atoms with van der Waals surface area (Å²) in [6.07, 6.45) is 0. The van der Waals surface area contributed by atoms with Gasteiger partial charge in [0.2, 0.25) is 0 Å². The quantitative estimate of drug-likeness (QED) is 0.794. The lowest BCUT2D eigenvalue weighted by Crippen LogP contribution is -2.04. The zero-order valence-corrected chi connectivity index (χ0v) is 11.8. The van der Waals surface area contributed by atoms with E-state index in [-0.39, 0.29) is 0 Å². The van der Waals surface area contributed by atoms with Crippen molar-refractivity contribution in [2.24, 2.45) is 0 Å². The Morgan fingerprint density at radius 2 is 1.86 bits per heavy atom. The molecule has 0 aliphatic rings. The maximum atomic E-state index is 9.36. The van der Waals surface area contributed by atoms with E-state index in [4.69, 9.17) is 0 Å². The number of nitrogens with zero attached hydrogens (tertiary/aromatic N) is 2. The summed E-state index contributed by atoms with van der Waals surface area (Å²) >= 11 is 0. The largest absolute Gasteiger partial charge is 0.316 e. The number of pyridine rings is 1. The molecule has 2 aromatic carbocycles. The number of para-hydroxylation sites is 1. The molecule has 0 aliphatic carbocycles. The average molecular weight is 273 g/mol. The van der Waals surface area contributed by atoms with Crippen LogP contribution in [0.3, 0.4) is 0 Å². The van der Waals surface area contributed by atoms with Crippen molar-refractivity contribution < 1.29 is 0 Å². The molecule has 0 saturated heterocycles. The van der Waals surface area contributed by atoms with Crippen molar-refractivity contribution in [2.75, 3.05) is 7.05 Å². The lowest BCUT2D eigenvalue weighted by Gasteiger charge is -2.07. The first-order valence-electron chi connectivity index (χ1n) is 6.85. The number of rotatable bonds is 3. The zero-order valence-electron chi connectivity index (χ0n) is 11.8. The summed E-state index contributed by atoms with van der Waals surface area (Å²) in [6, 6.07) is 20.3. The molecule has 0 radical (unpaired) electrons. The highest BCUT2D eigenvalue weighted by molar-refractivity contribution is 5.86. The number of hydrogen-bond acceptors (Lipinski definition) is 3. The third-order valence-corrected chi connectivity index (χ3v) is 3.48.